The first-order chi connectivity index (χ1) is 8.68. The predicted molar refractivity (Wildman–Crippen MR) is 63.8 cm³/mol. The fourth-order valence-corrected chi connectivity index (χ4v) is 2.57. The standard InChI is InChI=1S/C14H12FNO2/c15-9-4-3-5-10(8-9)16-13(17)11-6-1-2-7-12(11)14(16)18/h1-2,6-8,10H,3-5H2. The summed E-state index contributed by atoms with van der Waals surface area (Å²) in [6.45, 7) is 0. The van der Waals surface area contributed by atoms with Crippen molar-refractivity contribution in [2.24, 2.45) is 0 Å². The van der Waals surface area contributed by atoms with Crippen LogP contribution in [0.1, 0.15) is 40.0 Å². The van der Waals surface area contributed by atoms with Gasteiger partial charge in [0, 0.05) is 0 Å². The minimum Gasteiger partial charge on any atom is -0.269 e. The van der Waals surface area contributed by atoms with E-state index in [0.717, 1.165) is 0 Å². The van der Waals surface area contributed by atoms with Crippen molar-refractivity contribution in [2.75, 3.05) is 0 Å². The van der Waals surface area contributed by atoms with Gasteiger partial charge < -0.3 is 0 Å². The molecule has 0 saturated heterocycles. The smallest absolute Gasteiger partial charge is 0.262 e. The summed E-state index contributed by atoms with van der Waals surface area (Å²) in [4.78, 5) is 25.5. The lowest BCUT2D eigenvalue weighted by molar-refractivity contribution is 0.0602. The van der Waals surface area contributed by atoms with Crippen LogP contribution in [0.2, 0.25) is 0 Å². The molecule has 1 aromatic carbocycles. The van der Waals surface area contributed by atoms with Gasteiger partial charge in [-0.05, 0) is 37.5 Å². The quantitative estimate of drug-likeness (QED) is 0.713. The fourth-order valence-electron chi connectivity index (χ4n) is 2.57. The lowest BCUT2D eigenvalue weighted by Crippen LogP contribution is -2.39. The monoisotopic (exact) mass is 245 g/mol. The minimum absolute atomic E-state index is 0.234. The molecule has 1 aromatic rings. The van der Waals surface area contributed by atoms with Crippen LogP contribution in [0.15, 0.2) is 36.2 Å². The maximum Gasteiger partial charge on any atom is 0.262 e. The van der Waals surface area contributed by atoms with Gasteiger partial charge in [0.1, 0.15) is 0 Å². The molecule has 0 fully saturated rings. The van der Waals surface area contributed by atoms with Crippen LogP contribution in [0.3, 0.4) is 0 Å². The van der Waals surface area contributed by atoms with Gasteiger partial charge in [-0.15, -0.1) is 0 Å². The van der Waals surface area contributed by atoms with Crippen LogP contribution in [0, 0.1) is 0 Å². The van der Waals surface area contributed by atoms with Crippen molar-refractivity contribution in [3.63, 3.8) is 0 Å². The van der Waals surface area contributed by atoms with Gasteiger partial charge in [0.2, 0.25) is 0 Å². The van der Waals surface area contributed by atoms with Gasteiger partial charge in [-0.3, -0.25) is 14.5 Å². The molecule has 4 heteroatoms. The van der Waals surface area contributed by atoms with Crippen LogP contribution in [0.4, 0.5) is 4.39 Å². The van der Waals surface area contributed by atoms with E-state index in [9.17, 15) is 14.0 Å². The number of imide groups is 1. The molecule has 1 heterocycles. The van der Waals surface area contributed by atoms with Crippen molar-refractivity contribution >= 4 is 11.8 Å². The van der Waals surface area contributed by atoms with Crippen molar-refractivity contribution in [3.8, 4) is 0 Å². The Morgan fingerprint density at radius 3 is 2.28 bits per heavy atom. The molecule has 0 N–H and O–H groups in total. The van der Waals surface area contributed by atoms with Gasteiger partial charge in [-0.2, -0.15) is 0 Å². The molecular weight excluding hydrogens is 233 g/mol. The van der Waals surface area contributed by atoms with Gasteiger partial charge in [0.25, 0.3) is 11.8 Å². The Labute approximate surface area is 104 Å². The number of carbonyl (C=O) groups excluding carboxylic acids is 2. The molecule has 0 spiro atoms. The third-order valence-electron chi connectivity index (χ3n) is 3.45. The van der Waals surface area contributed by atoms with Crippen LogP contribution in [0.25, 0.3) is 0 Å². The van der Waals surface area contributed by atoms with Gasteiger partial charge in [0.15, 0.2) is 0 Å². The van der Waals surface area contributed by atoms with Crippen LogP contribution in [0.5, 0.6) is 0 Å². The third-order valence-corrected chi connectivity index (χ3v) is 3.45. The molecule has 1 aliphatic heterocycles. The van der Waals surface area contributed by atoms with Crippen molar-refractivity contribution in [1.82, 2.24) is 4.90 Å². The Hall–Kier alpha value is -1.97. The molecule has 0 radical (unpaired) electrons. The molecule has 2 amide bonds. The average molecular weight is 245 g/mol. The van der Waals surface area contributed by atoms with Crippen LogP contribution in [-0.4, -0.2) is 22.8 Å². The zero-order valence-electron chi connectivity index (χ0n) is 9.73. The molecule has 1 aliphatic carbocycles. The van der Waals surface area contributed by atoms with E-state index < -0.39 is 6.04 Å². The van der Waals surface area contributed by atoms with Gasteiger partial charge in [-0.25, -0.2) is 4.39 Å². The highest BCUT2D eigenvalue weighted by Crippen LogP contribution is 2.30. The molecule has 2 aliphatic rings. The second-order valence-corrected chi connectivity index (χ2v) is 4.60. The maximum atomic E-state index is 13.3. The molecule has 3 rings (SSSR count). The highest BCUT2D eigenvalue weighted by Gasteiger charge is 2.39. The Kier molecular flexibility index (Phi) is 2.51. The summed E-state index contributed by atoms with van der Waals surface area (Å²) >= 11 is 0. The number of rotatable bonds is 1. The largest absolute Gasteiger partial charge is 0.269 e. The average Bonchev–Trinajstić information content (AvgIpc) is 2.63. The lowest BCUT2D eigenvalue weighted by Gasteiger charge is -2.26. The van der Waals surface area contributed by atoms with Crippen LogP contribution < -0.4 is 0 Å². The number of hydrogen-bond acceptors (Lipinski definition) is 2. The highest BCUT2D eigenvalue weighted by molar-refractivity contribution is 6.21. The number of hydrogen-bond donors (Lipinski definition) is 0. The summed E-state index contributed by atoms with van der Waals surface area (Å²) in [6, 6.07) is 6.29. The van der Waals surface area contributed by atoms with Crippen LogP contribution >= 0.6 is 0 Å². The maximum absolute atomic E-state index is 13.3. The van der Waals surface area contributed by atoms with E-state index in [-0.39, 0.29) is 17.6 Å². The molecule has 3 nitrogen and oxygen atoms in total. The Balaban J connectivity index is 1.99. The number of fused-ring (bicyclic) bond motifs is 1. The van der Waals surface area contributed by atoms with Crippen LogP contribution in [-0.2, 0) is 0 Å². The first-order valence-electron chi connectivity index (χ1n) is 6.01. The lowest BCUT2D eigenvalue weighted by atomic mass is 10.0. The van der Waals surface area contributed by atoms with Crippen molar-refractivity contribution < 1.29 is 14.0 Å². The van der Waals surface area contributed by atoms with Crippen molar-refractivity contribution in [2.45, 2.75) is 25.3 Å². The number of carbonyl (C=O) groups is 2. The number of amides is 2. The second-order valence-electron chi connectivity index (χ2n) is 4.60. The first kappa shape index (κ1) is 11.1. The number of benzene rings is 1. The molecule has 0 saturated carbocycles. The van der Waals surface area contributed by atoms with E-state index in [2.05, 4.69) is 0 Å². The van der Waals surface area contributed by atoms with Gasteiger partial charge in [-0.1, -0.05) is 12.1 Å². The van der Waals surface area contributed by atoms with Crippen molar-refractivity contribution in [1.29, 1.82) is 0 Å². The Morgan fingerprint density at radius 1 is 1.11 bits per heavy atom. The van der Waals surface area contributed by atoms with E-state index in [1.165, 1.54) is 11.0 Å². The molecule has 18 heavy (non-hydrogen) atoms. The molecule has 0 aromatic heterocycles. The zero-order chi connectivity index (χ0) is 12.7. The van der Waals surface area contributed by atoms with E-state index in [0.29, 0.717) is 30.4 Å². The van der Waals surface area contributed by atoms with E-state index in [1.807, 2.05) is 0 Å². The fraction of sp³-hybridized carbons (Fsp3) is 0.286. The summed E-state index contributed by atoms with van der Waals surface area (Å²) in [5.41, 5.74) is 0.837. The summed E-state index contributed by atoms with van der Waals surface area (Å²) in [5.74, 6) is -0.860. The summed E-state index contributed by atoms with van der Waals surface area (Å²) in [5, 5.41) is 0. The second kappa shape index (κ2) is 4.05. The van der Waals surface area contributed by atoms with E-state index in [4.69, 9.17) is 0 Å². The minimum atomic E-state index is -0.439. The molecule has 0 bridgehead atoms. The normalized spacial score (nSPS) is 23.1. The number of allylic oxidation sites excluding steroid dienone is 1. The zero-order valence-corrected chi connectivity index (χ0v) is 9.73. The predicted octanol–water partition coefficient (Wildman–Crippen LogP) is 2.69. The SMILES string of the molecule is O=C1c2ccccc2C(=O)N1C1C=C(F)CCC1. The first-order valence-corrected chi connectivity index (χ1v) is 6.01. The summed E-state index contributed by atoms with van der Waals surface area (Å²) in [6.07, 6.45) is 3.10. The van der Waals surface area contributed by atoms with Gasteiger partial charge >= 0.3 is 0 Å². The topological polar surface area (TPSA) is 37.4 Å². The van der Waals surface area contributed by atoms with E-state index >= 15 is 0 Å². The molecule has 1 unspecified atom stereocenters. The Bertz CT molecular complexity index is 530. The van der Waals surface area contributed by atoms with Crippen molar-refractivity contribution in [3.05, 3.63) is 47.3 Å². The third kappa shape index (κ3) is 1.56. The molecular formula is C14H12FNO2. The summed E-state index contributed by atoms with van der Waals surface area (Å²) in [7, 11) is 0. The molecule has 1 atom stereocenters. The van der Waals surface area contributed by atoms with E-state index in [1.54, 1.807) is 24.3 Å². The molecule has 92 valence electrons. The number of nitrogens with zero attached hydrogens (tertiary/aromatic N) is 1. The highest BCUT2D eigenvalue weighted by atomic mass is 19.1. The van der Waals surface area contributed by atoms with Gasteiger partial charge in [0.05, 0.1) is 23.0 Å². The summed E-state index contributed by atoms with van der Waals surface area (Å²) < 4.78 is 13.3. The Morgan fingerprint density at radius 2 is 1.72 bits per heavy atom. The number of halogens is 1.